The molecule has 0 aliphatic carbocycles. The van der Waals surface area contributed by atoms with E-state index in [0.29, 0.717) is 31.1 Å². The lowest BCUT2D eigenvalue weighted by atomic mass is 10.3. The molecule has 0 aliphatic heterocycles. The van der Waals surface area contributed by atoms with E-state index in [1.165, 1.54) is 24.3 Å². The standard InChI is InChI=1S/C13H14F3N3O2/c14-13(15,16)21-11-4-2-10(3-5-11)20-9-1-7-19-8-6-12(17)18-19/h2-6,8H,1,7,9H2,(H2,17,18). The quantitative estimate of drug-likeness (QED) is 0.833. The fraction of sp³-hybridized carbons (Fsp3) is 0.308. The van der Waals surface area contributed by atoms with Gasteiger partial charge in [-0.1, -0.05) is 0 Å². The van der Waals surface area contributed by atoms with Crippen molar-refractivity contribution in [3.63, 3.8) is 0 Å². The summed E-state index contributed by atoms with van der Waals surface area (Å²) in [6.45, 7) is 1.06. The van der Waals surface area contributed by atoms with Crippen molar-refractivity contribution in [2.24, 2.45) is 0 Å². The molecule has 1 aromatic carbocycles. The van der Waals surface area contributed by atoms with E-state index in [1.54, 1.807) is 16.9 Å². The number of nitrogens with two attached hydrogens (primary N) is 1. The van der Waals surface area contributed by atoms with Gasteiger partial charge in [0.25, 0.3) is 0 Å². The van der Waals surface area contributed by atoms with Crippen LogP contribution >= 0.6 is 0 Å². The molecule has 21 heavy (non-hydrogen) atoms. The molecule has 1 heterocycles. The largest absolute Gasteiger partial charge is 0.573 e. The fourth-order valence-electron chi connectivity index (χ4n) is 1.66. The first-order chi connectivity index (χ1) is 9.92. The van der Waals surface area contributed by atoms with Gasteiger partial charge < -0.3 is 15.2 Å². The minimum atomic E-state index is -4.69. The summed E-state index contributed by atoms with van der Waals surface area (Å²) >= 11 is 0. The molecule has 0 saturated carbocycles. The zero-order valence-electron chi connectivity index (χ0n) is 11.0. The summed E-state index contributed by atoms with van der Waals surface area (Å²) in [7, 11) is 0. The summed E-state index contributed by atoms with van der Waals surface area (Å²) in [5.41, 5.74) is 5.48. The van der Waals surface area contributed by atoms with Crippen molar-refractivity contribution in [3.05, 3.63) is 36.5 Å². The van der Waals surface area contributed by atoms with Gasteiger partial charge in [-0.25, -0.2) is 0 Å². The summed E-state index contributed by atoms with van der Waals surface area (Å²) in [6.07, 6.45) is -2.23. The van der Waals surface area contributed by atoms with E-state index in [4.69, 9.17) is 10.5 Å². The molecule has 2 aromatic rings. The van der Waals surface area contributed by atoms with Crippen molar-refractivity contribution in [2.75, 3.05) is 12.3 Å². The van der Waals surface area contributed by atoms with Crippen molar-refractivity contribution in [3.8, 4) is 11.5 Å². The van der Waals surface area contributed by atoms with E-state index >= 15 is 0 Å². The first-order valence-electron chi connectivity index (χ1n) is 6.20. The van der Waals surface area contributed by atoms with Crippen LogP contribution in [0.5, 0.6) is 11.5 Å². The van der Waals surface area contributed by atoms with Crippen LogP contribution in [0.2, 0.25) is 0 Å². The number of nitrogen functional groups attached to an aromatic ring is 1. The van der Waals surface area contributed by atoms with E-state index in [1.807, 2.05) is 0 Å². The number of nitrogens with zero attached hydrogens (tertiary/aromatic N) is 2. The number of hydrogen-bond donors (Lipinski definition) is 1. The van der Waals surface area contributed by atoms with Crippen molar-refractivity contribution in [1.29, 1.82) is 0 Å². The molecule has 0 saturated heterocycles. The molecule has 2 N–H and O–H groups in total. The highest BCUT2D eigenvalue weighted by molar-refractivity contribution is 5.31. The van der Waals surface area contributed by atoms with E-state index in [9.17, 15) is 13.2 Å². The molecule has 0 atom stereocenters. The second-order valence-electron chi connectivity index (χ2n) is 4.22. The van der Waals surface area contributed by atoms with Crippen LogP contribution in [-0.2, 0) is 6.54 Å². The Bertz CT molecular complexity index is 567. The number of hydrogen-bond acceptors (Lipinski definition) is 4. The van der Waals surface area contributed by atoms with Crippen LogP contribution in [0.3, 0.4) is 0 Å². The van der Waals surface area contributed by atoms with Crippen molar-refractivity contribution in [2.45, 2.75) is 19.3 Å². The van der Waals surface area contributed by atoms with Crippen LogP contribution in [0.1, 0.15) is 6.42 Å². The van der Waals surface area contributed by atoms with Gasteiger partial charge in [0.15, 0.2) is 0 Å². The highest BCUT2D eigenvalue weighted by Gasteiger charge is 2.30. The number of benzene rings is 1. The molecule has 2 rings (SSSR count). The van der Waals surface area contributed by atoms with Crippen molar-refractivity contribution >= 4 is 5.82 Å². The number of alkyl halides is 3. The fourth-order valence-corrected chi connectivity index (χ4v) is 1.66. The Morgan fingerprint density at radius 3 is 2.33 bits per heavy atom. The topological polar surface area (TPSA) is 62.3 Å². The molecular formula is C13H14F3N3O2. The lowest BCUT2D eigenvalue weighted by Gasteiger charge is -2.10. The predicted octanol–water partition coefficient (Wildman–Crippen LogP) is 2.83. The number of rotatable bonds is 6. The van der Waals surface area contributed by atoms with Gasteiger partial charge in [0.05, 0.1) is 6.61 Å². The third kappa shape index (κ3) is 5.25. The van der Waals surface area contributed by atoms with E-state index in [2.05, 4.69) is 9.84 Å². The van der Waals surface area contributed by atoms with Crippen molar-refractivity contribution < 1.29 is 22.6 Å². The maximum atomic E-state index is 12.0. The van der Waals surface area contributed by atoms with Gasteiger partial charge in [-0.15, -0.1) is 13.2 Å². The molecule has 0 aliphatic rings. The molecule has 8 heteroatoms. The summed E-state index contributed by atoms with van der Waals surface area (Å²) in [5, 5.41) is 4.02. The van der Waals surface area contributed by atoms with Crippen LogP contribution in [0, 0.1) is 0 Å². The van der Waals surface area contributed by atoms with Crippen LogP contribution in [0.25, 0.3) is 0 Å². The Labute approximate surface area is 119 Å². The molecule has 5 nitrogen and oxygen atoms in total. The molecule has 0 amide bonds. The van der Waals surface area contributed by atoms with Crippen molar-refractivity contribution in [1.82, 2.24) is 9.78 Å². The lowest BCUT2D eigenvalue weighted by Crippen LogP contribution is -2.16. The molecule has 0 spiro atoms. The normalized spacial score (nSPS) is 11.4. The maximum Gasteiger partial charge on any atom is 0.573 e. The van der Waals surface area contributed by atoms with Gasteiger partial charge in [-0.05, 0) is 30.3 Å². The Morgan fingerprint density at radius 2 is 1.76 bits per heavy atom. The van der Waals surface area contributed by atoms with Crippen LogP contribution < -0.4 is 15.2 Å². The summed E-state index contributed by atoms with van der Waals surface area (Å²) in [4.78, 5) is 0. The second kappa shape index (κ2) is 6.38. The monoisotopic (exact) mass is 301 g/mol. The number of aromatic nitrogens is 2. The zero-order valence-corrected chi connectivity index (χ0v) is 11.0. The summed E-state index contributed by atoms with van der Waals surface area (Å²) < 4.78 is 46.8. The molecule has 114 valence electrons. The van der Waals surface area contributed by atoms with Gasteiger partial charge in [-0.3, -0.25) is 4.68 Å². The number of aryl methyl sites for hydroxylation is 1. The highest BCUT2D eigenvalue weighted by atomic mass is 19.4. The van der Waals surface area contributed by atoms with Gasteiger partial charge in [0.1, 0.15) is 17.3 Å². The zero-order chi connectivity index (χ0) is 15.3. The van der Waals surface area contributed by atoms with Gasteiger partial charge >= 0.3 is 6.36 Å². The van der Waals surface area contributed by atoms with E-state index in [0.717, 1.165) is 0 Å². The lowest BCUT2D eigenvalue weighted by molar-refractivity contribution is -0.274. The van der Waals surface area contributed by atoms with E-state index < -0.39 is 6.36 Å². The summed E-state index contributed by atoms with van der Waals surface area (Å²) in [5.74, 6) is 0.655. The first kappa shape index (κ1) is 15.0. The highest BCUT2D eigenvalue weighted by Crippen LogP contribution is 2.24. The average Bonchev–Trinajstić information content (AvgIpc) is 2.81. The van der Waals surface area contributed by atoms with Crippen LogP contribution in [-0.4, -0.2) is 22.7 Å². The third-order valence-corrected chi connectivity index (χ3v) is 2.52. The Hall–Kier alpha value is -2.38. The number of halogens is 3. The smallest absolute Gasteiger partial charge is 0.494 e. The minimum Gasteiger partial charge on any atom is -0.494 e. The summed E-state index contributed by atoms with van der Waals surface area (Å²) in [6, 6.07) is 6.95. The Kier molecular flexibility index (Phi) is 4.56. The van der Waals surface area contributed by atoms with E-state index in [-0.39, 0.29) is 5.75 Å². The van der Waals surface area contributed by atoms with Gasteiger partial charge in [-0.2, -0.15) is 5.10 Å². The maximum absolute atomic E-state index is 12.0. The van der Waals surface area contributed by atoms with Gasteiger partial charge in [0, 0.05) is 19.2 Å². The number of ether oxygens (including phenoxy) is 2. The Morgan fingerprint density at radius 1 is 1.10 bits per heavy atom. The molecule has 1 aromatic heterocycles. The molecule has 0 bridgehead atoms. The SMILES string of the molecule is Nc1ccn(CCCOc2ccc(OC(F)(F)F)cc2)n1. The minimum absolute atomic E-state index is 0.276. The van der Waals surface area contributed by atoms with Crippen LogP contribution in [0.4, 0.5) is 19.0 Å². The molecule has 0 radical (unpaired) electrons. The molecule has 0 unspecified atom stereocenters. The number of anilines is 1. The van der Waals surface area contributed by atoms with Crippen LogP contribution in [0.15, 0.2) is 36.5 Å². The predicted molar refractivity (Wildman–Crippen MR) is 69.9 cm³/mol. The molecular weight excluding hydrogens is 287 g/mol. The van der Waals surface area contributed by atoms with Gasteiger partial charge in [0.2, 0.25) is 0 Å². The average molecular weight is 301 g/mol. The Balaban J connectivity index is 1.73. The molecule has 0 fully saturated rings. The second-order valence-corrected chi connectivity index (χ2v) is 4.22. The first-order valence-corrected chi connectivity index (χ1v) is 6.20. The third-order valence-electron chi connectivity index (χ3n) is 2.52.